The molecule has 1 aromatic rings. The Hall–Kier alpha value is -0.740. The van der Waals surface area contributed by atoms with E-state index >= 15 is 0 Å². The number of carbonyl (C=O) groups is 1. The summed E-state index contributed by atoms with van der Waals surface area (Å²) in [5.41, 5.74) is 0.913. The van der Waals surface area contributed by atoms with Crippen LogP contribution in [0.1, 0.15) is 31.2 Å². The minimum atomic E-state index is 0. The van der Waals surface area contributed by atoms with Crippen molar-refractivity contribution in [3.05, 3.63) is 46.0 Å². The Labute approximate surface area is 166 Å². The van der Waals surface area contributed by atoms with Crippen LogP contribution in [0.5, 0.6) is 0 Å². The second-order valence-electron chi connectivity index (χ2n) is 6.77. The molecule has 0 N–H and O–H groups in total. The maximum absolute atomic E-state index is 12.8. The summed E-state index contributed by atoms with van der Waals surface area (Å²) in [5, 5.41) is 1.03. The van der Waals surface area contributed by atoms with Crippen molar-refractivity contribution in [1.82, 2.24) is 9.80 Å². The first-order valence-electron chi connectivity index (χ1n) is 8.65. The third kappa shape index (κ3) is 4.91. The van der Waals surface area contributed by atoms with Crippen molar-refractivity contribution in [3.63, 3.8) is 0 Å². The van der Waals surface area contributed by atoms with Gasteiger partial charge in [-0.05, 0) is 30.5 Å². The summed E-state index contributed by atoms with van der Waals surface area (Å²) in [6.07, 6.45) is 9.54. The van der Waals surface area contributed by atoms with Gasteiger partial charge in [0.2, 0.25) is 5.91 Å². The van der Waals surface area contributed by atoms with E-state index < -0.39 is 0 Å². The number of likely N-dealkylation sites (N-methyl/N-ethyl adjacent to an activating group) is 1. The Morgan fingerprint density at radius 3 is 2.52 bits per heavy atom. The zero-order valence-corrected chi connectivity index (χ0v) is 16.8. The maximum atomic E-state index is 12.8. The van der Waals surface area contributed by atoms with Gasteiger partial charge in [0.25, 0.3) is 0 Å². The smallest absolute Gasteiger partial charge is 0.227 e. The molecule has 0 spiro atoms. The predicted octanol–water partition coefficient (Wildman–Crippen LogP) is 4.60. The van der Waals surface area contributed by atoms with Gasteiger partial charge in [-0.2, -0.15) is 0 Å². The molecule has 6 heteroatoms. The number of rotatable bonds is 4. The van der Waals surface area contributed by atoms with E-state index in [4.69, 9.17) is 23.2 Å². The maximum Gasteiger partial charge on any atom is 0.227 e. The molecule has 3 rings (SSSR count). The van der Waals surface area contributed by atoms with Gasteiger partial charge in [0.05, 0.1) is 16.5 Å². The van der Waals surface area contributed by atoms with Crippen LogP contribution in [0.2, 0.25) is 10.0 Å². The summed E-state index contributed by atoms with van der Waals surface area (Å²) < 4.78 is 0. The van der Waals surface area contributed by atoms with Crippen molar-refractivity contribution in [2.75, 3.05) is 20.1 Å². The van der Waals surface area contributed by atoms with Crippen molar-refractivity contribution in [1.29, 1.82) is 0 Å². The zero-order chi connectivity index (χ0) is 17.1. The number of hydrogen-bond donors (Lipinski definition) is 0. The van der Waals surface area contributed by atoms with Crippen molar-refractivity contribution in [2.24, 2.45) is 0 Å². The van der Waals surface area contributed by atoms with Gasteiger partial charge in [-0.15, -0.1) is 12.4 Å². The van der Waals surface area contributed by atoms with Gasteiger partial charge in [-0.25, -0.2) is 0 Å². The number of benzene rings is 1. The number of amides is 1. The van der Waals surface area contributed by atoms with E-state index in [-0.39, 0.29) is 18.3 Å². The van der Waals surface area contributed by atoms with E-state index in [1.165, 1.54) is 19.3 Å². The monoisotopic (exact) mass is 402 g/mol. The molecule has 0 saturated heterocycles. The van der Waals surface area contributed by atoms with Crippen LogP contribution < -0.4 is 0 Å². The topological polar surface area (TPSA) is 23.6 Å². The van der Waals surface area contributed by atoms with Crippen LogP contribution in [0.3, 0.4) is 0 Å². The summed E-state index contributed by atoms with van der Waals surface area (Å²) >= 11 is 12.0. The lowest BCUT2D eigenvalue weighted by Crippen LogP contribution is -2.53. The average molecular weight is 404 g/mol. The van der Waals surface area contributed by atoms with Crippen molar-refractivity contribution in [2.45, 2.75) is 44.2 Å². The van der Waals surface area contributed by atoms with Crippen LogP contribution in [-0.4, -0.2) is 47.9 Å². The molecular formula is C19H25Cl3N2O. The van der Waals surface area contributed by atoms with E-state index in [0.29, 0.717) is 28.5 Å². The number of halogens is 3. The molecule has 1 fully saturated rings. The second-order valence-corrected chi connectivity index (χ2v) is 7.59. The zero-order valence-electron chi connectivity index (χ0n) is 14.5. The highest BCUT2D eigenvalue weighted by Crippen LogP contribution is 2.28. The quantitative estimate of drug-likeness (QED) is 0.686. The first-order valence-corrected chi connectivity index (χ1v) is 9.40. The van der Waals surface area contributed by atoms with Crippen molar-refractivity contribution in [3.8, 4) is 0 Å². The SMILES string of the molecule is CN(C(=O)Cc1ccc(Cl)c(Cl)c1)[C@H]1CCCC[C@@H]1N1CC=CC1.Cl. The molecule has 1 saturated carbocycles. The van der Waals surface area contributed by atoms with E-state index in [9.17, 15) is 4.79 Å². The minimum Gasteiger partial charge on any atom is -0.341 e. The third-order valence-electron chi connectivity index (χ3n) is 5.24. The molecule has 3 nitrogen and oxygen atoms in total. The van der Waals surface area contributed by atoms with Gasteiger partial charge < -0.3 is 4.90 Å². The van der Waals surface area contributed by atoms with Crippen molar-refractivity contribution < 1.29 is 4.79 Å². The standard InChI is InChI=1S/C19H24Cl2N2O.ClH/c1-22(19(24)13-14-8-9-15(20)16(21)12-14)17-6-2-3-7-18(17)23-10-4-5-11-23;/h4-5,8-9,12,17-18H,2-3,6-7,10-11,13H2,1H3;1H/t17-,18-;/m0./s1. The molecule has 1 aromatic carbocycles. The fourth-order valence-corrected chi connectivity index (χ4v) is 4.19. The van der Waals surface area contributed by atoms with Gasteiger partial charge in [-0.3, -0.25) is 9.69 Å². The van der Waals surface area contributed by atoms with E-state index in [1.54, 1.807) is 12.1 Å². The molecule has 1 aliphatic heterocycles. The van der Waals surface area contributed by atoms with Crippen molar-refractivity contribution >= 4 is 41.5 Å². The van der Waals surface area contributed by atoms with Gasteiger partial charge in [-0.1, -0.05) is 54.3 Å². The lowest BCUT2D eigenvalue weighted by molar-refractivity contribution is -0.133. The summed E-state index contributed by atoms with van der Waals surface area (Å²) in [7, 11) is 1.95. The van der Waals surface area contributed by atoms with Gasteiger partial charge >= 0.3 is 0 Å². The highest BCUT2D eigenvalue weighted by Gasteiger charge is 2.34. The lowest BCUT2D eigenvalue weighted by atomic mass is 9.88. The fraction of sp³-hybridized carbons (Fsp3) is 0.526. The van der Waals surface area contributed by atoms with Crippen LogP contribution in [0.25, 0.3) is 0 Å². The van der Waals surface area contributed by atoms with Crippen LogP contribution in [0, 0.1) is 0 Å². The van der Waals surface area contributed by atoms with Crippen LogP contribution in [0.15, 0.2) is 30.4 Å². The molecule has 0 aromatic heterocycles. The number of hydrogen-bond acceptors (Lipinski definition) is 2. The normalized spacial score (nSPS) is 23.3. The molecule has 0 radical (unpaired) electrons. The molecule has 138 valence electrons. The molecular weight excluding hydrogens is 379 g/mol. The molecule has 2 atom stereocenters. The minimum absolute atomic E-state index is 0. The molecule has 1 amide bonds. The Kier molecular flexibility index (Phi) is 7.63. The van der Waals surface area contributed by atoms with E-state index in [2.05, 4.69) is 17.1 Å². The second kappa shape index (κ2) is 9.27. The number of nitrogens with zero attached hydrogens (tertiary/aromatic N) is 2. The van der Waals surface area contributed by atoms with E-state index in [0.717, 1.165) is 25.1 Å². The molecule has 0 bridgehead atoms. The average Bonchev–Trinajstić information content (AvgIpc) is 3.12. The van der Waals surface area contributed by atoms with E-state index in [1.807, 2.05) is 18.0 Å². The number of carbonyl (C=O) groups excluding carboxylic acids is 1. The van der Waals surface area contributed by atoms with Gasteiger partial charge in [0, 0.05) is 32.2 Å². The first-order chi connectivity index (χ1) is 11.6. The highest BCUT2D eigenvalue weighted by molar-refractivity contribution is 6.42. The van der Waals surface area contributed by atoms with Gasteiger partial charge in [0.1, 0.15) is 0 Å². The van der Waals surface area contributed by atoms with Crippen LogP contribution >= 0.6 is 35.6 Å². The largest absolute Gasteiger partial charge is 0.341 e. The van der Waals surface area contributed by atoms with Crippen LogP contribution in [0.4, 0.5) is 0 Å². The van der Waals surface area contributed by atoms with Gasteiger partial charge in [0.15, 0.2) is 0 Å². The lowest BCUT2D eigenvalue weighted by Gasteiger charge is -2.42. The fourth-order valence-electron chi connectivity index (χ4n) is 3.87. The molecule has 25 heavy (non-hydrogen) atoms. The predicted molar refractivity (Wildman–Crippen MR) is 107 cm³/mol. The Morgan fingerprint density at radius 2 is 1.84 bits per heavy atom. The Bertz CT molecular complexity index is 627. The molecule has 1 aliphatic carbocycles. The summed E-state index contributed by atoms with van der Waals surface area (Å²) in [5.74, 6) is 0.150. The first kappa shape index (κ1) is 20.6. The Morgan fingerprint density at radius 1 is 1.16 bits per heavy atom. The summed E-state index contributed by atoms with van der Waals surface area (Å²) in [6, 6.07) is 6.19. The molecule has 1 heterocycles. The molecule has 2 aliphatic rings. The third-order valence-corrected chi connectivity index (χ3v) is 5.98. The summed E-state index contributed by atoms with van der Waals surface area (Å²) in [6.45, 7) is 2.02. The molecule has 0 unspecified atom stereocenters. The highest BCUT2D eigenvalue weighted by atomic mass is 35.5. The Balaban J connectivity index is 0.00000225. The summed E-state index contributed by atoms with van der Waals surface area (Å²) in [4.78, 5) is 17.2. The van der Waals surface area contributed by atoms with Crippen LogP contribution in [-0.2, 0) is 11.2 Å².